The van der Waals surface area contributed by atoms with E-state index in [0.29, 0.717) is 19.7 Å². The van der Waals surface area contributed by atoms with Crippen LogP contribution >= 0.6 is 24.0 Å². The highest BCUT2D eigenvalue weighted by atomic mass is 127. The van der Waals surface area contributed by atoms with Crippen molar-refractivity contribution >= 4 is 35.9 Å². The fraction of sp³-hybridized carbons (Fsp3) is 0.579. The number of guanidine groups is 1. The average molecular weight is 475 g/mol. The number of para-hydroxylation sites is 1. The van der Waals surface area contributed by atoms with Gasteiger partial charge in [0.05, 0.1) is 26.2 Å². The minimum absolute atomic E-state index is 0. The highest BCUT2D eigenvalue weighted by Crippen LogP contribution is 2.20. The van der Waals surface area contributed by atoms with Crippen LogP contribution in [0.5, 0.6) is 5.75 Å². The zero-order chi connectivity index (χ0) is 18.1. The first-order valence-electron chi connectivity index (χ1n) is 9.01. The molecule has 2 rings (SSSR count). The summed E-state index contributed by atoms with van der Waals surface area (Å²) in [5.41, 5.74) is 1.04. The van der Waals surface area contributed by atoms with E-state index < -0.39 is 0 Å². The van der Waals surface area contributed by atoms with Crippen molar-refractivity contribution in [2.24, 2.45) is 10.9 Å². The minimum atomic E-state index is -0.104. The Morgan fingerprint density at radius 2 is 2.12 bits per heavy atom. The number of piperidine rings is 1. The summed E-state index contributed by atoms with van der Waals surface area (Å²) in [5.74, 6) is 1.49. The smallest absolute Gasteiger partial charge is 0.310 e. The molecule has 1 fully saturated rings. The van der Waals surface area contributed by atoms with Crippen LogP contribution in [-0.4, -0.2) is 50.2 Å². The van der Waals surface area contributed by atoms with Crippen LogP contribution in [0.1, 0.15) is 32.3 Å². The number of hydrogen-bond donors (Lipinski definition) is 1. The number of hydrogen-bond acceptors (Lipinski definition) is 4. The van der Waals surface area contributed by atoms with Crippen molar-refractivity contribution in [3.05, 3.63) is 29.8 Å². The number of esters is 1. The molecule has 1 unspecified atom stereocenters. The highest BCUT2D eigenvalue weighted by Gasteiger charge is 2.28. The predicted octanol–water partition coefficient (Wildman–Crippen LogP) is 3.05. The molecule has 0 radical (unpaired) electrons. The number of rotatable bonds is 6. The molecule has 1 atom stereocenters. The third-order valence-electron chi connectivity index (χ3n) is 4.27. The first-order valence-corrected chi connectivity index (χ1v) is 9.01. The van der Waals surface area contributed by atoms with Crippen molar-refractivity contribution in [2.75, 3.05) is 33.4 Å². The summed E-state index contributed by atoms with van der Waals surface area (Å²) in [6, 6.07) is 7.89. The summed E-state index contributed by atoms with van der Waals surface area (Å²) in [6.07, 6.45) is 1.84. The molecule has 1 aromatic carbocycles. The van der Waals surface area contributed by atoms with Crippen molar-refractivity contribution in [1.82, 2.24) is 10.2 Å². The van der Waals surface area contributed by atoms with Crippen LogP contribution in [0.15, 0.2) is 29.3 Å². The summed E-state index contributed by atoms with van der Waals surface area (Å²) in [5, 5.41) is 3.33. The first kappa shape index (κ1) is 22.5. The van der Waals surface area contributed by atoms with Crippen molar-refractivity contribution in [1.29, 1.82) is 0 Å². The van der Waals surface area contributed by atoms with Gasteiger partial charge in [-0.05, 0) is 32.8 Å². The highest BCUT2D eigenvalue weighted by molar-refractivity contribution is 14.0. The molecule has 0 aromatic heterocycles. The van der Waals surface area contributed by atoms with Gasteiger partial charge in [-0.3, -0.25) is 4.79 Å². The lowest BCUT2D eigenvalue weighted by Gasteiger charge is -2.34. The lowest BCUT2D eigenvalue weighted by molar-refractivity contribution is -0.149. The van der Waals surface area contributed by atoms with Gasteiger partial charge < -0.3 is 19.7 Å². The second kappa shape index (κ2) is 12.0. The number of ether oxygens (including phenoxy) is 2. The maximum absolute atomic E-state index is 12.1. The van der Waals surface area contributed by atoms with Crippen molar-refractivity contribution in [3.8, 4) is 5.75 Å². The van der Waals surface area contributed by atoms with Crippen molar-refractivity contribution < 1.29 is 14.3 Å². The van der Waals surface area contributed by atoms with Crippen molar-refractivity contribution in [2.45, 2.75) is 33.2 Å². The van der Waals surface area contributed by atoms with Crippen LogP contribution < -0.4 is 10.1 Å². The summed E-state index contributed by atoms with van der Waals surface area (Å²) in [6.45, 7) is 7.18. The van der Waals surface area contributed by atoms with Crippen LogP contribution in [0.3, 0.4) is 0 Å². The molecule has 0 amide bonds. The normalized spacial score (nSPS) is 17.3. The molecule has 0 bridgehead atoms. The maximum Gasteiger partial charge on any atom is 0.310 e. The summed E-state index contributed by atoms with van der Waals surface area (Å²) < 4.78 is 10.6. The number of carbonyl (C=O) groups is 1. The van der Waals surface area contributed by atoms with Gasteiger partial charge in [0.2, 0.25) is 0 Å². The van der Waals surface area contributed by atoms with E-state index in [1.165, 1.54) is 0 Å². The van der Waals surface area contributed by atoms with Gasteiger partial charge in [0.1, 0.15) is 5.75 Å². The van der Waals surface area contributed by atoms with Crippen LogP contribution in [0.2, 0.25) is 0 Å². The molecule has 1 aliphatic rings. The van der Waals surface area contributed by atoms with E-state index in [9.17, 15) is 4.79 Å². The van der Waals surface area contributed by atoms with Crippen LogP contribution in [0, 0.1) is 5.92 Å². The molecule has 146 valence electrons. The van der Waals surface area contributed by atoms with E-state index in [1.54, 1.807) is 7.11 Å². The van der Waals surface area contributed by atoms with Crippen LogP contribution in [0.25, 0.3) is 0 Å². The molecule has 1 heterocycles. The first-order chi connectivity index (χ1) is 12.2. The lowest BCUT2D eigenvalue weighted by Crippen LogP contribution is -2.48. The number of nitrogens with zero attached hydrogens (tertiary/aromatic N) is 2. The number of carbonyl (C=O) groups excluding carboxylic acids is 1. The van der Waals surface area contributed by atoms with E-state index in [4.69, 9.17) is 14.5 Å². The van der Waals surface area contributed by atoms with Gasteiger partial charge in [-0.15, -0.1) is 24.0 Å². The molecule has 7 heteroatoms. The Kier molecular flexibility index (Phi) is 10.4. The third-order valence-corrected chi connectivity index (χ3v) is 4.27. The van der Waals surface area contributed by atoms with Gasteiger partial charge in [-0.25, -0.2) is 4.99 Å². The molecule has 26 heavy (non-hydrogen) atoms. The Morgan fingerprint density at radius 3 is 2.81 bits per heavy atom. The number of methoxy groups -OCH3 is 1. The molecule has 1 aromatic rings. The zero-order valence-corrected chi connectivity index (χ0v) is 18.2. The molecular formula is C19H30IN3O3. The second-order valence-corrected chi connectivity index (χ2v) is 6.02. The molecule has 1 aliphatic heterocycles. The van der Waals surface area contributed by atoms with Gasteiger partial charge >= 0.3 is 5.97 Å². The predicted molar refractivity (Wildman–Crippen MR) is 114 cm³/mol. The molecule has 1 saturated heterocycles. The number of benzene rings is 1. The number of likely N-dealkylation sites (tertiary alicyclic amines) is 1. The van der Waals surface area contributed by atoms with Crippen molar-refractivity contribution in [3.63, 3.8) is 0 Å². The average Bonchev–Trinajstić information content (AvgIpc) is 2.65. The molecule has 0 spiro atoms. The monoisotopic (exact) mass is 475 g/mol. The van der Waals surface area contributed by atoms with E-state index >= 15 is 0 Å². The fourth-order valence-corrected chi connectivity index (χ4v) is 3.04. The van der Waals surface area contributed by atoms with E-state index in [-0.39, 0.29) is 35.9 Å². The van der Waals surface area contributed by atoms with Gasteiger partial charge in [0, 0.05) is 25.2 Å². The minimum Gasteiger partial charge on any atom is -0.496 e. The van der Waals surface area contributed by atoms with Gasteiger partial charge in [0.25, 0.3) is 0 Å². The van der Waals surface area contributed by atoms with Gasteiger partial charge in [-0.1, -0.05) is 18.2 Å². The topological polar surface area (TPSA) is 63.2 Å². The van der Waals surface area contributed by atoms with E-state index in [0.717, 1.165) is 43.2 Å². The zero-order valence-electron chi connectivity index (χ0n) is 15.9. The standard InChI is InChI=1S/C19H29N3O3.HI/c1-4-20-19(21-13-15-9-6-7-11-17(15)24-3)22-12-8-10-16(14-22)18(23)25-5-2;/h6-7,9,11,16H,4-5,8,10,12-14H2,1-3H3,(H,20,21);1H. The maximum atomic E-state index is 12.1. The van der Waals surface area contributed by atoms with E-state index in [2.05, 4.69) is 10.2 Å². The summed E-state index contributed by atoms with van der Waals surface area (Å²) in [7, 11) is 1.67. The number of halogens is 1. The summed E-state index contributed by atoms with van der Waals surface area (Å²) in [4.78, 5) is 19.0. The lowest BCUT2D eigenvalue weighted by atomic mass is 9.98. The molecule has 0 aliphatic carbocycles. The third kappa shape index (κ3) is 6.34. The Bertz CT molecular complexity index is 595. The summed E-state index contributed by atoms with van der Waals surface area (Å²) >= 11 is 0. The molecule has 1 N–H and O–H groups in total. The van der Waals surface area contributed by atoms with Crippen LogP contribution in [-0.2, 0) is 16.1 Å². The Labute approximate surface area is 173 Å². The fourth-order valence-electron chi connectivity index (χ4n) is 3.04. The molecule has 0 saturated carbocycles. The Balaban J connectivity index is 0.00000338. The number of nitrogens with one attached hydrogen (secondary N) is 1. The molecular weight excluding hydrogens is 445 g/mol. The largest absolute Gasteiger partial charge is 0.496 e. The van der Waals surface area contributed by atoms with Gasteiger partial charge in [-0.2, -0.15) is 0 Å². The number of aliphatic imine (C=N–C) groups is 1. The SMILES string of the molecule is CCNC(=NCc1ccccc1OC)N1CCCC(C(=O)OCC)C1.I. The second-order valence-electron chi connectivity index (χ2n) is 6.02. The Hall–Kier alpha value is -1.51. The Morgan fingerprint density at radius 1 is 1.35 bits per heavy atom. The quantitative estimate of drug-likeness (QED) is 0.297. The van der Waals surface area contributed by atoms with Gasteiger partial charge in [0.15, 0.2) is 5.96 Å². The molecule has 6 nitrogen and oxygen atoms in total. The van der Waals surface area contributed by atoms with E-state index in [1.807, 2.05) is 38.1 Å². The van der Waals surface area contributed by atoms with Crippen LogP contribution in [0.4, 0.5) is 0 Å².